The molecule has 2 unspecified atom stereocenters. The zero-order valence-electron chi connectivity index (χ0n) is 15.7. The number of hydrogen-bond donors (Lipinski definition) is 2. The van der Waals surface area contributed by atoms with Gasteiger partial charge in [-0.3, -0.25) is 0 Å². The lowest BCUT2D eigenvalue weighted by atomic mass is 10.3. The van der Waals surface area contributed by atoms with Gasteiger partial charge in [0.05, 0.1) is 2.74 Å². The summed E-state index contributed by atoms with van der Waals surface area (Å²) < 4.78 is 92.3. The Morgan fingerprint density at radius 1 is 0.963 bits per heavy atom. The van der Waals surface area contributed by atoms with Gasteiger partial charge in [-0.2, -0.15) is 41.3 Å². The summed E-state index contributed by atoms with van der Waals surface area (Å²) >= 11 is 5.73. The van der Waals surface area contributed by atoms with Crippen molar-refractivity contribution in [3.8, 4) is 11.5 Å². The van der Waals surface area contributed by atoms with Crippen LogP contribution in [0.1, 0.15) is 16.6 Å². The number of aromatic nitrogens is 4. The van der Waals surface area contributed by atoms with E-state index in [1.807, 2.05) is 5.32 Å². The smallest absolute Gasteiger partial charge is 0.343 e. The van der Waals surface area contributed by atoms with E-state index < -0.39 is 42.1 Å². The van der Waals surface area contributed by atoms with Crippen LogP contribution in [0.3, 0.4) is 0 Å². The van der Waals surface area contributed by atoms with E-state index in [2.05, 4.69) is 19.9 Å². The van der Waals surface area contributed by atoms with Gasteiger partial charge < -0.3 is 10.6 Å². The molecule has 2 N–H and O–H groups in total. The van der Waals surface area contributed by atoms with Crippen LogP contribution in [0.4, 0.5) is 38.2 Å². The average Bonchev–Trinajstić information content (AvgIpc) is 2.51. The van der Waals surface area contributed by atoms with Crippen LogP contribution in [-0.4, -0.2) is 44.3 Å². The van der Waals surface area contributed by atoms with Crippen LogP contribution in [0.5, 0.6) is 0 Å². The molecule has 148 valence electrons. The number of anilines is 2. The topological polar surface area (TPSA) is 75.6 Å². The van der Waals surface area contributed by atoms with Crippen molar-refractivity contribution in [3.05, 3.63) is 23.3 Å². The maximum atomic E-state index is 13.0. The van der Waals surface area contributed by atoms with Crippen LogP contribution >= 0.6 is 11.6 Å². The fourth-order valence-electron chi connectivity index (χ4n) is 1.61. The number of nitrogens with zero attached hydrogens (tertiary/aromatic N) is 4. The molecule has 0 aliphatic heterocycles. The van der Waals surface area contributed by atoms with E-state index in [1.165, 1.54) is 0 Å². The minimum absolute atomic E-state index is 0.145. The van der Waals surface area contributed by atoms with Crippen molar-refractivity contribution >= 4 is 23.5 Å². The van der Waals surface area contributed by atoms with Gasteiger partial charge in [0.15, 0.2) is 5.82 Å². The third kappa shape index (κ3) is 5.81. The Hall–Kier alpha value is -2.37. The lowest BCUT2D eigenvalue weighted by Crippen LogP contribution is -2.35. The van der Waals surface area contributed by atoms with Crippen molar-refractivity contribution in [2.45, 2.75) is 38.3 Å². The molecular weight excluding hydrogens is 402 g/mol. The van der Waals surface area contributed by atoms with Gasteiger partial charge in [-0.15, -0.1) is 0 Å². The van der Waals surface area contributed by atoms with Crippen molar-refractivity contribution in [1.29, 1.82) is 0 Å². The second-order valence-electron chi connectivity index (χ2n) is 5.24. The van der Waals surface area contributed by atoms with Gasteiger partial charge in [0.2, 0.25) is 11.9 Å². The lowest BCUT2D eigenvalue weighted by molar-refractivity contribution is -0.139. The Kier molecular flexibility index (Phi) is 5.14. The predicted molar refractivity (Wildman–Crippen MR) is 86.3 cm³/mol. The molecule has 0 aliphatic carbocycles. The zero-order chi connectivity index (χ0) is 22.2. The van der Waals surface area contributed by atoms with E-state index >= 15 is 0 Å². The molecule has 0 fully saturated rings. The Balaban J connectivity index is 2.54. The molecule has 0 aliphatic rings. The molecule has 2 atom stereocenters. The molecule has 0 amide bonds. The van der Waals surface area contributed by atoms with Gasteiger partial charge in [0.25, 0.3) is 0 Å². The first-order chi connectivity index (χ1) is 13.1. The highest BCUT2D eigenvalue weighted by molar-refractivity contribution is 6.29. The first-order valence-electron chi connectivity index (χ1n) is 8.17. The van der Waals surface area contributed by atoms with Gasteiger partial charge in [-0.05, 0) is 26.0 Å². The molecule has 0 radical (unpaired) electrons. The number of hydrogen-bond acceptors (Lipinski definition) is 6. The molecule has 0 saturated heterocycles. The third-order valence-corrected chi connectivity index (χ3v) is 3.27. The second-order valence-corrected chi connectivity index (χ2v) is 5.62. The molecule has 2 aromatic rings. The highest BCUT2D eigenvalue weighted by atomic mass is 35.5. The highest BCUT2D eigenvalue weighted by Gasteiger charge is 2.38. The Morgan fingerprint density at radius 2 is 1.56 bits per heavy atom. The number of rotatable bonds is 5. The maximum absolute atomic E-state index is 13.0. The third-order valence-electron chi connectivity index (χ3n) is 3.08. The van der Waals surface area contributed by atoms with Crippen LogP contribution in [0, 0.1) is 0 Å². The van der Waals surface area contributed by atoms with Crippen LogP contribution in [0.2, 0.25) is 5.15 Å². The molecule has 0 bridgehead atoms. The van der Waals surface area contributed by atoms with Crippen molar-refractivity contribution in [2.75, 3.05) is 10.6 Å². The van der Waals surface area contributed by atoms with Crippen LogP contribution < -0.4 is 10.6 Å². The Bertz CT molecular complexity index is 872. The maximum Gasteiger partial charge on any atom is 0.408 e. The summed E-state index contributed by atoms with van der Waals surface area (Å²) in [6.07, 6.45) is -9.74. The molecule has 13 heteroatoms. The summed E-state index contributed by atoms with van der Waals surface area (Å²) in [5.41, 5.74) is -0.186. The van der Waals surface area contributed by atoms with Crippen LogP contribution in [0.25, 0.3) is 11.5 Å². The van der Waals surface area contributed by atoms with E-state index in [0.29, 0.717) is 6.92 Å². The zero-order valence-corrected chi connectivity index (χ0v) is 14.4. The minimum Gasteiger partial charge on any atom is -0.343 e. The number of nitrogens with one attached hydrogen (secondary N) is 2. The average molecular weight is 417 g/mol. The largest absolute Gasteiger partial charge is 0.408 e. The molecule has 0 aromatic carbocycles. The standard InChI is InChI=1S/C14H13ClF6N6/c1-6(13(16,17)18)22-11-25-10(8-4-3-5-9(15)24-8)26-12(27-11)23-7(2)14(19,20)21/h3-7H,1-2H3,(H2,22,23,25,26,27)/i3D,6D. The van der Waals surface area contributed by atoms with Gasteiger partial charge in [-0.1, -0.05) is 17.6 Å². The quantitative estimate of drug-likeness (QED) is 0.558. The molecule has 27 heavy (non-hydrogen) atoms. The predicted octanol–water partition coefficient (Wildman–Crippen LogP) is 4.31. The molecule has 6 nitrogen and oxygen atoms in total. The summed E-state index contributed by atoms with van der Waals surface area (Å²) in [5, 5.41) is 3.44. The molecular formula is C14H13ClF6N6. The highest BCUT2D eigenvalue weighted by Crippen LogP contribution is 2.26. The lowest BCUT2D eigenvalue weighted by Gasteiger charge is -2.20. The fourth-order valence-corrected chi connectivity index (χ4v) is 1.76. The molecule has 0 saturated carbocycles. The Morgan fingerprint density at radius 3 is 2.07 bits per heavy atom. The Labute approximate surface area is 157 Å². The van der Waals surface area contributed by atoms with E-state index in [-0.39, 0.29) is 16.9 Å². The summed E-state index contributed by atoms with van der Waals surface area (Å²) in [4.78, 5) is 14.7. The minimum atomic E-state index is -5.05. The first-order valence-corrected chi connectivity index (χ1v) is 7.55. The van der Waals surface area contributed by atoms with Gasteiger partial charge in [0.1, 0.15) is 22.9 Å². The normalized spacial score (nSPS) is 16.8. The van der Waals surface area contributed by atoms with Crippen molar-refractivity contribution in [2.24, 2.45) is 0 Å². The monoisotopic (exact) mass is 416 g/mol. The van der Waals surface area contributed by atoms with E-state index in [4.69, 9.17) is 14.3 Å². The van der Waals surface area contributed by atoms with E-state index in [1.54, 1.807) is 5.32 Å². The number of alkyl halides is 6. The summed E-state index contributed by atoms with van der Waals surface area (Å²) in [6.45, 7) is 1.22. The molecule has 0 spiro atoms. The SMILES string of the molecule is [2H]c1cc(Cl)nc(-c2nc(NC(C)C(F)(F)F)nc(NC([2H])(C)C(F)(F)F)n2)c1. The van der Waals surface area contributed by atoms with E-state index in [9.17, 15) is 26.3 Å². The van der Waals surface area contributed by atoms with Gasteiger partial charge >= 0.3 is 12.4 Å². The molecule has 2 heterocycles. The van der Waals surface area contributed by atoms with Crippen LogP contribution in [-0.2, 0) is 0 Å². The summed E-state index contributed by atoms with van der Waals surface area (Å²) in [7, 11) is 0. The van der Waals surface area contributed by atoms with Gasteiger partial charge in [0, 0.05) is 0 Å². The molecule has 2 rings (SSSR count). The van der Waals surface area contributed by atoms with Crippen molar-refractivity contribution < 1.29 is 29.1 Å². The molecule has 2 aromatic heterocycles. The van der Waals surface area contributed by atoms with Crippen molar-refractivity contribution in [3.63, 3.8) is 0 Å². The van der Waals surface area contributed by atoms with Gasteiger partial charge in [-0.25, -0.2) is 4.98 Å². The fraction of sp³-hybridized carbons (Fsp3) is 0.429. The number of halogens is 7. The van der Waals surface area contributed by atoms with Crippen LogP contribution in [0.15, 0.2) is 18.2 Å². The van der Waals surface area contributed by atoms with Crippen molar-refractivity contribution in [1.82, 2.24) is 19.9 Å². The van der Waals surface area contributed by atoms with E-state index in [0.717, 1.165) is 19.1 Å². The summed E-state index contributed by atoms with van der Waals surface area (Å²) in [6, 6.07) is -3.28. The first kappa shape index (κ1) is 18.0. The summed E-state index contributed by atoms with van der Waals surface area (Å²) in [5.74, 6) is -1.99. The number of pyridine rings is 1. The second kappa shape index (κ2) is 7.71.